The molecule has 0 radical (unpaired) electrons. The van der Waals surface area contributed by atoms with Gasteiger partial charge in [-0.3, -0.25) is 4.68 Å². The van der Waals surface area contributed by atoms with Crippen molar-refractivity contribution in [2.75, 3.05) is 6.54 Å². The van der Waals surface area contributed by atoms with Crippen molar-refractivity contribution in [2.24, 2.45) is 0 Å². The molecule has 20 heavy (non-hydrogen) atoms. The molecule has 0 aliphatic carbocycles. The molecule has 116 valence electrons. The van der Waals surface area contributed by atoms with Crippen molar-refractivity contribution < 1.29 is 13.2 Å². The quantitative estimate of drug-likeness (QED) is 0.784. The standard InChI is InChI=1S/C14H24F3N3/c1-4-7-11(18-9-5-2)12(6-3)20-10-8-13(19-20)14(15,16)17/h8,10-12,18H,4-7,9H2,1-3H3. The van der Waals surface area contributed by atoms with Crippen LogP contribution in [-0.2, 0) is 6.18 Å². The fraction of sp³-hybridized carbons (Fsp3) is 0.786. The van der Waals surface area contributed by atoms with Crippen LogP contribution in [0.4, 0.5) is 13.2 Å². The zero-order chi connectivity index (χ0) is 15.2. The van der Waals surface area contributed by atoms with Gasteiger partial charge in [0.2, 0.25) is 0 Å². The largest absolute Gasteiger partial charge is 0.435 e. The summed E-state index contributed by atoms with van der Waals surface area (Å²) in [6.07, 6.45) is 0.739. The van der Waals surface area contributed by atoms with Gasteiger partial charge in [-0.1, -0.05) is 27.2 Å². The normalized spacial score (nSPS) is 15.3. The maximum absolute atomic E-state index is 12.6. The molecule has 0 fully saturated rings. The van der Waals surface area contributed by atoms with Gasteiger partial charge in [-0.2, -0.15) is 18.3 Å². The van der Waals surface area contributed by atoms with Crippen molar-refractivity contribution in [3.05, 3.63) is 18.0 Å². The van der Waals surface area contributed by atoms with E-state index in [1.807, 2.05) is 6.92 Å². The lowest BCUT2D eigenvalue weighted by Crippen LogP contribution is -2.38. The van der Waals surface area contributed by atoms with Gasteiger partial charge in [-0.15, -0.1) is 0 Å². The van der Waals surface area contributed by atoms with Crippen LogP contribution in [0.25, 0.3) is 0 Å². The van der Waals surface area contributed by atoms with Crippen molar-refractivity contribution >= 4 is 0 Å². The predicted octanol–water partition coefficient (Wildman–Crippen LogP) is 4.02. The predicted molar refractivity (Wildman–Crippen MR) is 73.5 cm³/mol. The lowest BCUT2D eigenvalue weighted by molar-refractivity contribution is -0.141. The Hall–Kier alpha value is -1.04. The molecule has 0 aliphatic heterocycles. The van der Waals surface area contributed by atoms with Gasteiger partial charge in [0.15, 0.2) is 5.69 Å². The van der Waals surface area contributed by atoms with Crippen LogP contribution >= 0.6 is 0 Å². The number of halogens is 3. The lowest BCUT2D eigenvalue weighted by Gasteiger charge is -2.27. The summed E-state index contributed by atoms with van der Waals surface area (Å²) in [5, 5.41) is 7.14. The van der Waals surface area contributed by atoms with Crippen LogP contribution < -0.4 is 5.32 Å². The Morgan fingerprint density at radius 1 is 1.25 bits per heavy atom. The third kappa shape index (κ3) is 4.51. The van der Waals surface area contributed by atoms with Gasteiger partial charge in [0.25, 0.3) is 0 Å². The van der Waals surface area contributed by atoms with Gasteiger partial charge in [0, 0.05) is 12.2 Å². The first-order valence-electron chi connectivity index (χ1n) is 7.29. The summed E-state index contributed by atoms with van der Waals surface area (Å²) in [7, 11) is 0. The topological polar surface area (TPSA) is 29.9 Å². The Labute approximate surface area is 118 Å². The van der Waals surface area contributed by atoms with Crippen molar-refractivity contribution in [1.29, 1.82) is 0 Å². The van der Waals surface area contributed by atoms with Gasteiger partial charge in [-0.25, -0.2) is 0 Å². The van der Waals surface area contributed by atoms with E-state index in [4.69, 9.17) is 0 Å². The van der Waals surface area contributed by atoms with E-state index < -0.39 is 11.9 Å². The number of nitrogens with one attached hydrogen (secondary N) is 1. The van der Waals surface area contributed by atoms with E-state index in [9.17, 15) is 13.2 Å². The van der Waals surface area contributed by atoms with Crippen LogP contribution in [0.1, 0.15) is 58.2 Å². The molecule has 0 saturated carbocycles. The number of aromatic nitrogens is 2. The van der Waals surface area contributed by atoms with Gasteiger partial charge in [0.1, 0.15) is 0 Å². The maximum atomic E-state index is 12.6. The molecule has 0 aromatic carbocycles. The van der Waals surface area contributed by atoms with Crippen LogP contribution in [0.2, 0.25) is 0 Å². The van der Waals surface area contributed by atoms with E-state index in [-0.39, 0.29) is 12.1 Å². The van der Waals surface area contributed by atoms with E-state index in [0.717, 1.165) is 38.3 Å². The zero-order valence-corrected chi connectivity index (χ0v) is 12.4. The monoisotopic (exact) mass is 291 g/mol. The van der Waals surface area contributed by atoms with E-state index >= 15 is 0 Å². The van der Waals surface area contributed by atoms with Crippen molar-refractivity contribution in [1.82, 2.24) is 15.1 Å². The Bertz CT molecular complexity index is 387. The highest BCUT2D eigenvalue weighted by atomic mass is 19.4. The third-order valence-electron chi connectivity index (χ3n) is 3.38. The first-order valence-corrected chi connectivity index (χ1v) is 7.29. The summed E-state index contributed by atoms with van der Waals surface area (Å²) in [6.45, 7) is 7.01. The fourth-order valence-corrected chi connectivity index (χ4v) is 2.40. The molecule has 1 rings (SSSR count). The molecule has 1 N–H and O–H groups in total. The molecule has 2 unspecified atom stereocenters. The van der Waals surface area contributed by atoms with E-state index in [0.29, 0.717) is 0 Å². The second-order valence-electron chi connectivity index (χ2n) is 5.00. The lowest BCUT2D eigenvalue weighted by atomic mass is 10.0. The molecular weight excluding hydrogens is 267 g/mol. The van der Waals surface area contributed by atoms with Gasteiger partial charge in [-0.05, 0) is 31.9 Å². The fourth-order valence-electron chi connectivity index (χ4n) is 2.40. The summed E-state index contributed by atoms with van der Waals surface area (Å²) < 4.78 is 39.4. The first kappa shape index (κ1) is 17.0. The highest BCUT2D eigenvalue weighted by molar-refractivity contribution is 5.04. The zero-order valence-electron chi connectivity index (χ0n) is 12.4. The Morgan fingerprint density at radius 3 is 2.40 bits per heavy atom. The second-order valence-corrected chi connectivity index (χ2v) is 5.00. The Morgan fingerprint density at radius 2 is 1.95 bits per heavy atom. The van der Waals surface area contributed by atoms with Crippen molar-refractivity contribution in [3.63, 3.8) is 0 Å². The molecular formula is C14H24F3N3. The van der Waals surface area contributed by atoms with E-state index in [1.54, 1.807) is 0 Å². The molecule has 2 atom stereocenters. The molecule has 1 aromatic rings. The Kier molecular flexibility index (Phi) is 6.52. The Balaban J connectivity index is 2.88. The van der Waals surface area contributed by atoms with E-state index in [2.05, 4.69) is 24.3 Å². The van der Waals surface area contributed by atoms with Crippen LogP contribution in [0.5, 0.6) is 0 Å². The number of hydrogen-bond acceptors (Lipinski definition) is 2. The highest BCUT2D eigenvalue weighted by Crippen LogP contribution is 2.29. The molecule has 0 aliphatic rings. The van der Waals surface area contributed by atoms with Crippen LogP contribution in [-0.4, -0.2) is 22.4 Å². The van der Waals surface area contributed by atoms with Crippen molar-refractivity contribution in [2.45, 2.75) is 64.7 Å². The average Bonchev–Trinajstić information content (AvgIpc) is 2.86. The minimum atomic E-state index is -4.37. The number of rotatable bonds is 8. The molecule has 3 nitrogen and oxygen atoms in total. The molecule has 1 aromatic heterocycles. The van der Waals surface area contributed by atoms with Crippen LogP contribution in [0.15, 0.2) is 12.3 Å². The summed E-state index contributed by atoms with van der Waals surface area (Å²) in [4.78, 5) is 0. The molecule has 6 heteroatoms. The minimum Gasteiger partial charge on any atom is -0.312 e. The number of nitrogens with zero attached hydrogens (tertiary/aromatic N) is 2. The molecule has 1 heterocycles. The smallest absolute Gasteiger partial charge is 0.312 e. The SMILES string of the molecule is CCCNC(CCC)C(CC)n1ccc(C(F)(F)F)n1. The summed E-state index contributed by atoms with van der Waals surface area (Å²) in [5.74, 6) is 0. The molecule has 0 bridgehead atoms. The van der Waals surface area contributed by atoms with Gasteiger partial charge < -0.3 is 5.32 Å². The average molecular weight is 291 g/mol. The van der Waals surface area contributed by atoms with Crippen LogP contribution in [0, 0.1) is 0 Å². The maximum Gasteiger partial charge on any atom is 0.435 e. The molecule has 0 amide bonds. The van der Waals surface area contributed by atoms with Gasteiger partial charge in [0.05, 0.1) is 6.04 Å². The first-order chi connectivity index (χ1) is 9.43. The highest BCUT2D eigenvalue weighted by Gasteiger charge is 2.34. The summed E-state index contributed by atoms with van der Waals surface area (Å²) in [5.41, 5.74) is -0.818. The number of alkyl halides is 3. The molecule has 0 spiro atoms. The summed E-state index contributed by atoms with van der Waals surface area (Å²) >= 11 is 0. The minimum absolute atomic E-state index is 0.0439. The molecule has 0 saturated heterocycles. The van der Waals surface area contributed by atoms with Crippen molar-refractivity contribution in [3.8, 4) is 0 Å². The van der Waals surface area contributed by atoms with E-state index in [1.165, 1.54) is 10.9 Å². The summed E-state index contributed by atoms with van der Waals surface area (Å²) in [6, 6.07) is 1.16. The number of hydrogen-bond donors (Lipinski definition) is 1. The van der Waals surface area contributed by atoms with Crippen LogP contribution in [0.3, 0.4) is 0 Å². The van der Waals surface area contributed by atoms with Gasteiger partial charge >= 0.3 is 6.18 Å². The third-order valence-corrected chi connectivity index (χ3v) is 3.38. The second kappa shape index (κ2) is 7.67.